The SMILES string of the molecule is OC(O)c1[c]cccc1C(O)O. The molecular formula is C8H9O4. The molecule has 0 bridgehead atoms. The third-order valence-corrected chi connectivity index (χ3v) is 1.46. The van der Waals surface area contributed by atoms with E-state index in [1.54, 1.807) is 0 Å². The lowest BCUT2D eigenvalue weighted by Crippen LogP contribution is -2.05. The molecule has 0 fully saturated rings. The Morgan fingerprint density at radius 3 is 2.17 bits per heavy atom. The van der Waals surface area contributed by atoms with Crippen LogP contribution in [0.1, 0.15) is 23.7 Å². The molecule has 1 rings (SSSR count). The number of benzene rings is 1. The van der Waals surface area contributed by atoms with Crippen LogP contribution in [0.15, 0.2) is 18.2 Å². The predicted molar refractivity (Wildman–Crippen MR) is 39.6 cm³/mol. The van der Waals surface area contributed by atoms with Gasteiger partial charge in [-0.3, -0.25) is 0 Å². The van der Waals surface area contributed by atoms with E-state index < -0.39 is 12.6 Å². The zero-order valence-corrected chi connectivity index (χ0v) is 6.18. The quantitative estimate of drug-likeness (QED) is 0.448. The van der Waals surface area contributed by atoms with Gasteiger partial charge in [-0.1, -0.05) is 18.2 Å². The van der Waals surface area contributed by atoms with Crippen molar-refractivity contribution in [2.75, 3.05) is 0 Å². The summed E-state index contributed by atoms with van der Waals surface area (Å²) in [5.41, 5.74) is 0.0278. The molecule has 0 saturated heterocycles. The molecule has 1 aromatic carbocycles. The molecule has 0 aromatic heterocycles. The van der Waals surface area contributed by atoms with Gasteiger partial charge in [-0.25, -0.2) is 0 Å². The molecule has 4 N–H and O–H groups in total. The van der Waals surface area contributed by atoms with Crippen LogP contribution in [0.5, 0.6) is 0 Å². The molecule has 0 aliphatic carbocycles. The van der Waals surface area contributed by atoms with E-state index >= 15 is 0 Å². The summed E-state index contributed by atoms with van der Waals surface area (Å²) in [6.45, 7) is 0. The molecule has 4 heteroatoms. The van der Waals surface area contributed by atoms with E-state index in [1.807, 2.05) is 0 Å². The van der Waals surface area contributed by atoms with Gasteiger partial charge in [0, 0.05) is 11.1 Å². The van der Waals surface area contributed by atoms with Crippen LogP contribution in [0.4, 0.5) is 0 Å². The van der Waals surface area contributed by atoms with Gasteiger partial charge >= 0.3 is 0 Å². The zero-order chi connectivity index (χ0) is 9.14. The molecule has 0 saturated carbocycles. The standard InChI is InChI=1S/C8H9O4/c9-7(10)5-3-1-2-4-6(5)8(11)12/h1-3,7-12H. The number of aliphatic hydroxyl groups is 4. The maximum absolute atomic E-state index is 8.77. The summed E-state index contributed by atoms with van der Waals surface area (Å²) >= 11 is 0. The fourth-order valence-electron chi connectivity index (χ4n) is 0.912. The largest absolute Gasteiger partial charge is 0.364 e. The first-order valence-corrected chi connectivity index (χ1v) is 3.35. The van der Waals surface area contributed by atoms with Crippen molar-refractivity contribution in [3.63, 3.8) is 0 Å². The van der Waals surface area contributed by atoms with Gasteiger partial charge in [0.25, 0.3) is 0 Å². The van der Waals surface area contributed by atoms with E-state index in [9.17, 15) is 0 Å². The maximum atomic E-state index is 8.77. The van der Waals surface area contributed by atoms with Gasteiger partial charge < -0.3 is 20.4 Å². The lowest BCUT2D eigenvalue weighted by molar-refractivity contribution is -0.0636. The number of rotatable bonds is 2. The molecular weight excluding hydrogens is 160 g/mol. The van der Waals surface area contributed by atoms with Gasteiger partial charge in [0.1, 0.15) is 0 Å². The first-order chi connectivity index (χ1) is 5.63. The molecule has 0 unspecified atom stereocenters. The Morgan fingerprint density at radius 1 is 1.08 bits per heavy atom. The van der Waals surface area contributed by atoms with Crippen molar-refractivity contribution in [1.82, 2.24) is 0 Å². The minimum absolute atomic E-state index is 0.0208. The molecule has 0 spiro atoms. The van der Waals surface area contributed by atoms with Crippen LogP contribution in [-0.2, 0) is 0 Å². The lowest BCUT2D eigenvalue weighted by atomic mass is 10.1. The molecule has 0 amide bonds. The van der Waals surface area contributed by atoms with Crippen LogP contribution in [0.3, 0.4) is 0 Å². The lowest BCUT2D eigenvalue weighted by Gasteiger charge is -2.11. The van der Waals surface area contributed by atoms with Gasteiger partial charge in [-0.05, 0) is 6.07 Å². The van der Waals surface area contributed by atoms with Gasteiger partial charge in [0.2, 0.25) is 0 Å². The Balaban J connectivity index is 3.09. The Kier molecular flexibility index (Phi) is 2.78. The second-order valence-electron chi connectivity index (χ2n) is 2.29. The van der Waals surface area contributed by atoms with E-state index in [-0.39, 0.29) is 11.1 Å². The minimum Gasteiger partial charge on any atom is -0.364 e. The summed E-state index contributed by atoms with van der Waals surface area (Å²) in [5, 5.41) is 35.0. The first-order valence-electron chi connectivity index (χ1n) is 3.35. The monoisotopic (exact) mass is 169 g/mol. The van der Waals surface area contributed by atoms with Crippen molar-refractivity contribution in [1.29, 1.82) is 0 Å². The molecule has 65 valence electrons. The van der Waals surface area contributed by atoms with Crippen LogP contribution >= 0.6 is 0 Å². The van der Waals surface area contributed by atoms with Gasteiger partial charge in [-0.2, -0.15) is 0 Å². The van der Waals surface area contributed by atoms with Crippen LogP contribution in [0.2, 0.25) is 0 Å². The van der Waals surface area contributed by atoms with Crippen molar-refractivity contribution in [2.24, 2.45) is 0 Å². The molecule has 0 aliphatic heterocycles. The highest BCUT2D eigenvalue weighted by atomic mass is 16.5. The predicted octanol–water partition coefficient (Wildman–Crippen LogP) is -0.547. The van der Waals surface area contributed by atoms with E-state index in [0.717, 1.165) is 0 Å². The number of hydrogen-bond acceptors (Lipinski definition) is 4. The maximum Gasteiger partial charge on any atom is 0.179 e. The second kappa shape index (κ2) is 3.64. The average molecular weight is 169 g/mol. The first kappa shape index (κ1) is 9.15. The summed E-state index contributed by atoms with van der Waals surface area (Å²) in [4.78, 5) is 0. The summed E-state index contributed by atoms with van der Waals surface area (Å²) in [5.74, 6) is 0. The summed E-state index contributed by atoms with van der Waals surface area (Å²) in [7, 11) is 0. The number of hydrogen-bond donors (Lipinski definition) is 4. The van der Waals surface area contributed by atoms with Crippen LogP contribution < -0.4 is 0 Å². The molecule has 12 heavy (non-hydrogen) atoms. The Labute approximate surface area is 69.3 Å². The highest BCUT2D eigenvalue weighted by Crippen LogP contribution is 2.19. The van der Waals surface area contributed by atoms with Crippen molar-refractivity contribution >= 4 is 0 Å². The molecule has 0 aliphatic rings. The van der Waals surface area contributed by atoms with Crippen molar-refractivity contribution in [2.45, 2.75) is 12.6 Å². The van der Waals surface area contributed by atoms with Crippen LogP contribution in [0.25, 0.3) is 0 Å². The van der Waals surface area contributed by atoms with Gasteiger partial charge in [0.05, 0.1) is 0 Å². The molecule has 0 heterocycles. The molecule has 1 aromatic rings. The minimum atomic E-state index is -1.73. The fourth-order valence-corrected chi connectivity index (χ4v) is 0.912. The van der Waals surface area contributed by atoms with E-state index in [1.165, 1.54) is 18.2 Å². The summed E-state index contributed by atoms with van der Waals surface area (Å²) < 4.78 is 0. The normalized spacial score (nSPS) is 11.2. The van der Waals surface area contributed by atoms with E-state index in [4.69, 9.17) is 20.4 Å². The van der Waals surface area contributed by atoms with Gasteiger partial charge in [0.15, 0.2) is 12.6 Å². The average Bonchev–Trinajstić information content (AvgIpc) is 2.04. The van der Waals surface area contributed by atoms with Crippen molar-refractivity contribution < 1.29 is 20.4 Å². The van der Waals surface area contributed by atoms with Gasteiger partial charge in [-0.15, -0.1) is 0 Å². The van der Waals surface area contributed by atoms with Crippen LogP contribution in [0, 0.1) is 6.07 Å². The topological polar surface area (TPSA) is 80.9 Å². The molecule has 0 atom stereocenters. The smallest absolute Gasteiger partial charge is 0.179 e. The second-order valence-corrected chi connectivity index (χ2v) is 2.29. The van der Waals surface area contributed by atoms with Crippen LogP contribution in [-0.4, -0.2) is 20.4 Å². The molecule has 1 radical (unpaired) electrons. The summed E-state index contributed by atoms with van der Waals surface area (Å²) in [6, 6.07) is 6.87. The Hall–Kier alpha value is -0.940. The molecule has 4 nitrogen and oxygen atoms in total. The Bertz CT molecular complexity index is 230. The van der Waals surface area contributed by atoms with E-state index in [2.05, 4.69) is 6.07 Å². The zero-order valence-electron chi connectivity index (χ0n) is 6.18. The fraction of sp³-hybridized carbons (Fsp3) is 0.250. The number of aliphatic hydroxyl groups excluding tert-OH is 2. The van der Waals surface area contributed by atoms with Crippen molar-refractivity contribution in [3.05, 3.63) is 35.4 Å². The van der Waals surface area contributed by atoms with Crippen molar-refractivity contribution in [3.8, 4) is 0 Å². The Morgan fingerprint density at radius 2 is 1.75 bits per heavy atom. The third kappa shape index (κ3) is 1.80. The summed E-state index contributed by atoms with van der Waals surface area (Å²) in [6.07, 6.45) is -3.44. The highest BCUT2D eigenvalue weighted by Gasteiger charge is 2.13. The third-order valence-electron chi connectivity index (χ3n) is 1.46. The highest BCUT2D eigenvalue weighted by molar-refractivity contribution is 5.27. The van der Waals surface area contributed by atoms with E-state index in [0.29, 0.717) is 0 Å².